The third-order valence-corrected chi connectivity index (χ3v) is 4.64. The average molecular weight is 330 g/mol. The summed E-state index contributed by atoms with van der Waals surface area (Å²) >= 11 is 0. The van der Waals surface area contributed by atoms with Crippen LogP contribution in [0.2, 0.25) is 0 Å². The Bertz CT molecular complexity index is 528. The fourth-order valence-corrected chi connectivity index (χ4v) is 3.01. The van der Waals surface area contributed by atoms with E-state index in [9.17, 15) is 0 Å². The number of rotatable bonds is 9. The van der Waals surface area contributed by atoms with Crippen LogP contribution in [0.25, 0.3) is 0 Å². The summed E-state index contributed by atoms with van der Waals surface area (Å²) in [6, 6.07) is 10.5. The SMILES string of the molecule is C=CC[C@H](/C=N/N1CCC[C@H]1C(C)(C)OC)OCc1ccccc1. The first-order valence-corrected chi connectivity index (χ1v) is 8.69. The van der Waals surface area contributed by atoms with E-state index in [0.29, 0.717) is 12.6 Å². The van der Waals surface area contributed by atoms with Crippen LogP contribution < -0.4 is 0 Å². The molecule has 1 aliphatic heterocycles. The molecule has 1 heterocycles. The predicted octanol–water partition coefficient (Wildman–Crippen LogP) is 4.02. The minimum atomic E-state index is -0.202. The maximum Gasteiger partial charge on any atom is 0.0982 e. The Balaban J connectivity index is 1.96. The molecule has 0 N–H and O–H groups in total. The van der Waals surface area contributed by atoms with Gasteiger partial charge in [-0.25, -0.2) is 0 Å². The van der Waals surface area contributed by atoms with Crippen molar-refractivity contribution in [3.05, 3.63) is 48.6 Å². The first kappa shape index (κ1) is 18.7. The van der Waals surface area contributed by atoms with Crippen LogP contribution in [0.3, 0.4) is 0 Å². The molecule has 0 unspecified atom stereocenters. The molecule has 0 aliphatic carbocycles. The Kier molecular flexibility index (Phi) is 7.00. The number of ether oxygens (including phenoxy) is 2. The summed E-state index contributed by atoms with van der Waals surface area (Å²) in [6.45, 7) is 9.62. The Hall–Kier alpha value is -1.65. The van der Waals surface area contributed by atoms with Crippen molar-refractivity contribution < 1.29 is 9.47 Å². The van der Waals surface area contributed by atoms with Crippen molar-refractivity contribution in [3.8, 4) is 0 Å². The van der Waals surface area contributed by atoms with Gasteiger partial charge in [-0.1, -0.05) is 36.4 Å². The van der Waals surface area contributed by atoms with E-state index in [4.69, 9.17) is 14.6 Å². The molecule has 132 valence electrons. The van der Waals surface area contributed by atoms with Crippen molar-refractivity contribution >= 4 is 6.21 Å². The maximum atomic E-state index is 6.00. The summed E-state index contributed by atoms with van der Waals surface area (Å²) in [5.74, 6) is 0. The smallest absolute Gasteiger partial charge is 0.0982 e. The van der Waals surface area contributed by atoms with E-state index >= 15 is 0 Å². The van der Waals surface area contributed by atoms with Crippen molar-refractivity contribution in [2.75, 3.05) is 13.7 Å². The molecule has 0 aromatic heterocycles. The Morgan fingerprint density at radius 2 is 2.12 bits per heavy atom. The lowest BCUT2D eigenvalue weighted by atomic mass is 9.97. The first-order valence-electron chi connectivity index (χ1n) is 8.69. The van der Waals surface area contributed by atoms with Gasteiger partial charge in [0.15, 0.2) is 0 Å². The lowest BCUT2D eigenvalue weighted by Gasteiger charge is -2.35. The van der Waals surface area contributed by atoms with E-state index < -0.39 is 0 Å². The van der Waals surface area contributed by atoms with Crippen molar-refractivity contribution in [2.24, 2.45) is 5.10 Å². The summed E-state index contributed by atoms with van der Waals surface area (Å²) in [5, 5.41) is 6.85. The lowest BCUT2D eigenvalue weighted by molar-refractivity contribution is -0.0398. The van der Waals surface area contributed by atoms with Crippen LogP contribution in [-0.4, -0.2) is 42.6 Å². The molecule has 0 spiro atoms. The molecular formula is C20H30N2O2. The van der Waals surface area contributed by atoms with Crippen molar-refractivity contribution in [3.63, 3.8) is 0 Å². The molecule has 1 aliphatic rings. The van der Waals surface area contributed by atoms with Crippen molar-refractivity contribution in [2.45, 2.75) is 57.5 Å². The van der Waals surface area contributed by atoms with Gasteiger partial charge in [0.05, 0.1) is 30.6 Å². The lowest BCUT2D eigenvalue weighted by Crippen LogP contribution is -2.45. The third-order valence-electron chi connectivity index (χ3n) is 4.64. The zero-order chi connectivity index (χ0) is 17.4. The topological polar surface area (TPSA) is 34.1 Å². The quantitative estimate of drug-likeness (QED) is 0.506. The summed E-state index contributed by atoms with van der Waals surface area (Å²) in [6.07, 6.45) is 6.73. The van der Waals surface area contributed by atoms with Crippen LogP contribution >= 0.6 is 0 Å². The van der Waals surface area contributed by atoms with Gasteiger partial charge in [-0.15, -0.1) is 6.58 Å². The molecular weight excluding hydrogens is 300 g/mol. The van der Waals surface area contributed by atoms with Gasteiger partial charge in [-0.05, 0) is 38.7 Å². The Morgan fingerprint density at radius 1 is 1.38 bits per heavy atom. The first-order chi connectivity index (χ1) is 11.6. The Morgan fingerprint density at radius 3 is 2.79 bits per heavy atom. The molecule has 0 bridgehead atoms. The van der Waals surface area contributed by atoms with Crippen LogP contribution in [-0.2, 0) is 16.1 Å². The molecule has 1 aromatic rings. The molecule has 1 aromatic carbocycles. The second-order valence-corrected chi connectivity index (χ2v) is 6.75. The van der Waals surface area contributed by atoms with Gasteiger partial charge in [-0.2, -0.15) is 5.10 Å². The Labute approximate surface area is 146 Å². The number of methoxy groups -OCH3 is 1. The number of hydrogen-bond acceptors (Lipinski definition) is 4. The van der Waals surface area contributed by atoms with Crippen molar-refractivity contribution in [1.29, 1.82) is 0 Å². The normalized spacial score (nSPS) is 19.8. The van der Waals surface area contributed by atoms with Gasteiger partial charge in [0.1, 0.15) is 0 Å². The highest BCUT2D eigenvalue weighted by Gasteiger charge is 2.37. The molecule has 4 heteroatoms. The summed E-state index contributed by atoms with van der Waals surface area (Å²) < 4.78 is 11.6. The van der Waals surface area contributed by atoms with Gasteiger partial charge in [0.2, 0.25) is 0 Å². The third kappa shape index (κ3) is 5.18. The fraction of sp³-hybridized carbons (Fsp3) is 0.550. The molecule has 1 saturated heterocycles. The molecule has 4 nitrogen and oxygen atoms in total. The van der Waals surface area contributed by atoms with Crippen LogP contribution in [0.15, 0.2) is 48.1 Å². The van der Waals surface area contributed by atoms with E-state index in [2.05, 4.69) is 37.6 Å². The number of hydrazone groups is 1. The second kappa shape index (κ2) is 9.00. The molecule has 2 rings (SSSR count). The van der Waals surface area contributed by atoms with E-state index in [0.717, 1.165) is 25.8 Å². The molecule has 2 atom stereocenters. The van der Waals surface area contributed by atoms with E-state index in [1.54, 1.807) is 7.11 Å². The van der Waals surface area contributed by atoms with Gasteiger partial charge in [0.25, 0.3) is 0 Å². The van der Waals surface area contributed by atoms with Gasteiger partial charge < -0.3 is 9.47 Å². The van der Waals surface area contributed by atoms with Gasteiger partial charge >= 0.3 is 0 Å². The minimum Gasteiger partial charge on any atom is -0.377 e. The number of hydrogen-bond donors (Lipinski definition) is 0. The van der Waals surface area contributed by atoms with Crippen LogP contribution in [0, 0.1) is 0 Å². The summed E-state index contributed by atoms with van der Waals surface area (Å²) in [5.41, 5.74) is 0.965. The average Bonchev–Trinajstić information content (AvgIpc) is 3.08. The maximum absolute atomic E-state index is 6.00. The largest absolute Gasteiger partial charge is 0.377 e. The highest BCUT2D eigenvalue weighted by Crippen LogP contribution is 2.29. The summed E-state index contributed by atoms with van der Waals surface area (Å²) in [7, 11) is 1.77. The zero-order valence-electron chi connectivity index (χ0n) is 15.1. The highest BCUT2D eigenvalue weighted by molar-refractivity contribution is 5.63. The zero-order valence-corrected chi connectivity index (χ0v) is 15.1. The van der Waals surface area contributed by atoms with Gasteiger partial charge in [0, 0.05) is 13.7 Å². The molecule has 24 heavy (non-hydrogen) atoms. The van der Waals surface area contributed by atoms with Crippen molar-refractivity contribution in [1.82, 2.24) is 5.01 Å². The van der Waals surface area contributed by atoms with E-state index in [1.807, 2.05) is 30.5 Å². The monoisotopic (exact) mass is 330 g/mol. The molecule has 0 amide bonds. The van der Waals surface area contributed by atoms with E-state index in [-0.39, 0.29) is 11.7 Å². The highest BCUT2D eigenvalue weighted by atomic mass is 16.5. The second-order valence-electron chi connectivity index (χ2n) is 6.75. The predicted molar refractivity (Wildman–Crippen MR) is 99.1 cm³/mol. The minimum absolute atomic E-state index is 0.0605. The number of nitrogens with zero attached hydrogens (tertiary/aromatic N) is 2. The number of benzene rings is 1. The molecule has 1 fully saturated rings. The van der Waals surface area contributed by atoms with Crippen LogP contribution in [0.1, 0.15) is 38.7 Å². The summed E-state index contributed by atoms with van der Waals surface area (Å²) in [4.78, 5) is 0. The fourth-order valence-electron chi connectivity index (χ4n) is 3.01. The van der Waals surface area contributed by atoms with Gasteiger partial charge in [-0.3, -0.25) is 5.01 Å². The van der Waals surface area contributed by atoms with Crippen LogP contribution in [0.4, 0.5) is 0 Å². The van der Waals surface area contributed by atoms with E-state index in [1.165, 1.54) is 5.56 Å². The molecule has 0 radical (unpaired) electrons. The van der Waals surface area contributed by atoms with Crippen LogP contribution in [0.5, 0.6) is 0 Å². The molecule has 0 saturated carbocycles. The standard InChI is InChI=1S/C20H30N2O2/c1-5-10-18(24-16-17-11-7-6-8-12-17)15-21-22-14-9-13-19(22)20(2,3)23-4/h5-8,11-12,15,18-19H,1,9-10,13-14,16H2,2-4H3/b21-15+/t18-,19+/m1/s1.